The van der Waals surface area contributed by atoms with Gasteiger partial charge in [0.15, 0.2) is 5.82 Å². The Morgan fingerprint density at radius 2 is 2.00 bits per heavy atom. The lowest BCUT2D eigenvalue weighted by Crippen LogP contribution is -2.16. The second-order valence-electron chi connectivity index (χ2n) is 7.48. The minimum Gasteiger partial charge on any atom is -0.495 e. The van der Waals surface area contributed by atoms with Crippen LogP contribution in [0.5, 0.6) is 17.2 Å². The van der Waals surface area contributed by atoms with E-state index in [1.54, 1.807) is 30.5 Å². The highest BCUT2D eigenvalue weighted by molar-refractivity contribution is 5.91. The first-order valence-corrected chi connectivity index (χ1v) is 10.0. The molecule has 0 fully saturated rings. The van der Waals surface area contributed by atoms with Crippen LogP contribution in [-0.2, 0) is 11.2 Å². The number of methoxy groups -OCH3 is 1. The van der Waals surface area contributed by atoms with E-state index < -0.39 is 0 Å². The minimum absolute atomic E-state index is 0.00325. The van der Waals surface area contributed by atoms with Gasteiger partial charge in [0.1, 0.15) is 23.1 Å². The van der Waals surface area contributed by atoms with E-state index in [9.17, 15) is 9.18 Å². The van der Waals surface area contributed by atoms with Gasteiger partial charge in [-0.15, -0.1) is 0 Å². The van der Waals surface area contributed by atoms with Crippen molar-refractivity contribution in [2.45, 2.75) is 26.2 Å². The fourth-order valence-corrected chi connectivity index (χ4v) is 3.16. The van der Waals surface area contributed by atoms with Crippen LogP contribution in [0, 0.1) is 5.82 Å². The highest BCUT2D eigenvalue weighted by Crippen LogP contribution is 2.31. The number of pyridine rings is 2. The number of nitrogens with one attached hydrogen (secondary N) is 2. The molecule has 0 aliphatic rings. The Morgan fingerprint density at radius 1 is 1.16 bits per heavy atom. The highest BCUT2D eigenvalue weighted by atomic mass is 19.1. The maximum atomic E-state index is 13.7. The Hall–Kier alpha value is -4.01. The SMILES string of the molecule is COc1cc(Oc2ccnc3ccc(F)cc23)cnc1CC(=O)Nc1cc(C(C)C)[nH]n1. The van der Waals surface area contributed by atoms with Crippen molar-refractivity contribution < 1.29 is 18.7 Å². The molecule has 0 spiro atoms. The molecule has 0 saturated heterocycles. The molecule has 0 radical (unpaired) electrons. The van der Waals surface area contributed by atoms with Crippen LogP contribution in [0.2, 0.25) is 0 Å². The Labute approximate surface area is 183 Å². The zero-order chi connectivity index (χ0) is 22.7. The van der Waals surface area contributed by atoms with E-state index in [0.29, 0.717) is 39.7 Å². The summed E-state index contributed by atoms with van der Waals surface area (Å²) in [5, 5.41) is 10.3. The number of rotatable bonds is 7. The number of carbonyl (C=O) groups excluding carboxylic acids is 1. The average molecular weight is 435 g/mol. The standard InChI is InChI=1S/C23H22FN5O3/c1-13(2)18-10-22(29-28-18)27-23(30)11-19-21(31-3)9-15(12-26-19)32-20-6-7-25-17-5-4-14(24)8-16(17)20/h4-10,12-13H,11H2,1-3H3,(H2,27,28,29,30). The molecule has 0 unspecified atom stereocenters. The van der Waals surface area contributed by atoms with Crippen LogP contribution in [0.25, 0.3) is 10.9 Å². The molecule has 0 atom stereocenters. The molecular formula is C23H22FN5O3. The summed E-state index contributed by atoms with van der Waals surface area (Å²) in [6.07, 6.45) is 3.07. The Kier molecular flexibility index (Phi) is 5.98. The van der Waals surface area contributed by atoms with Crippen LogP contribution in [0.15, 0.2) is 48.8 Å². The monoisotopic (exact) mass is 435 g/mol. The predicted octanol–water partition coefficient (Wildman–Crippen LogP) is 4.60. The molecule has 32 heavy (non-hydrogen) atoms. The zero-order valence-electron chi connectivity index (χ0n) is 17.8. The highest BCUT2D eigenvalue weighted by Gasteiger charge is 2.15. The van der Waals surface area contributed by atoms with Crippen molar-refractivity contribution >= 4 is 22.6 Å². The fourth-order valence-electron chi connectivity index (χ4n) is 3.16. The van der Waals surface area contributed by atoms with E-state index in [-0.39, 0.29) is 24.1 Å². The Balaban J connectivity index is 1.50. The molecule has 164 valence electrons. The number of aromatic nitrogens is 4. The number of halogens is 1. The van der Waals surface area contributed by atoms with Gasteiger partial charge in [-0.25, -0.2) is 4.39 Å². The number of benzene rings is 1. The molecule has 1 aromatic carbocycles. The van der Waals surface area contributed by atoms with Crippen molar-refractivity contribution in [3.05, 3.63) is 66.0 Å². The number of hydrogen-bond acceptors (Lipinski definition) is 6. The van der Waals surface area contributed by atoms with Crippen LogP contribution in [-0.4, -0.2) is 33.2 Å². The first kappa shape index (κ1) is 21.2. The lowest BCUT2D eigenvalue weighted by atomic mass is 10.1. The van der Waals surface area contributed by atoms with Crippen molar-refractivity contribution in [3.63, 3.8) is 0 Å². The molecule has 4 aromatic rings. The average Bonchev–Trinajstić information content (AvgIpc) is 3.24. The quantitative estimate of drug-likeness (QED) is 0.440. The molecule has 3 heterocycles. The van der Waals surface area contributed by atoms with Gasteiger partial charge >= 0.3 is 0 Å². The van der Waals surface area contributed by atoms with Gasteiger partial charge in [0.05, 0.1) is 30.9 Å². The molecule has 0 bridgehead atoms. The third kappa shape index (κ3) is 4.66. The van der Waals surface area contributed by atoms with Gasteiger partial charge < -0.3 is 14.8 Å². The predicted molar refractivity (Wildman–Crippen MR) is 118 cm³/mol. The summed E-state index contributed by atoms with van der Waals surface area (Å²) in [6.45, 7) is 4.06. The summed E-state index contributed by atoms with van der Waals surface area (Å²) in [7, 11) is 1.49. The van der Waals surface area contributed by atoms with Crippen LogP contribution >= 0.6 is 0 Å². The van der Waals surface area contributed by atoms with Crippen LogP contribution in [0.4, 0.5) is 10.2 Å². The normalized spacial score (nSPS) is 11.0. The maximum absolute atomic E-state index is 13.7. The summed E-state index contributed by atoms with van der Waals surface area (Å²) in [5.41, 5.74) is 1.99. The van der Waals surface area contributed by atoms with Crippen molar-refractivity contribution in [2.75, 3.05) is 12.4 Å². The smallest absolute Gasteiger partial charge is 0.231 e. The first-order chi connectivity index (χ1) is 15.4. The number of ether oxygens (including phenoxy) is 2. The molecule has 8 nitrogen and oxygen atoms in total. The fraction of sp³-hybridized carbons (Fsp3) is 0.217. The van der Waals surface area contributed by atoms with Crippen LogP contribution in [0.1, 0.15) is 31.2 Å². The lowest BCUT2D eigenvalue weighted by Gasteiger charge is -2.12. The maximum Gasteiger partial charge on any atom is 0.231 e. The lowest BCUT2D eigenvalue weighted by molar-refractivity contribution is -0.115. The molecule has 3 aromatic heterocycles. The van der Waals surface area contributed by atoms with E-state index in [0.717, 1.165) is 5.69 Å². The zero-order valence-corrected chi connectivity index (χ0v) is 17.8. The molecule has 0 aliphatic heterocycles. The number of nitrogens with zero attached hydrogens (tertiary/aromatic N) is 3. The number of H-pyrrole nitrogens is 1. The second kappa shape index (κ2) is 9.01. The molecule has 4 rings (SSSR count). The van der Waals surface area contributed by atoms with Crippen LogP contribution in [0.3, 0.4) is 0 Å². The topological polar surface area (TPSA) is 102 Å². The number of hydrogen-bond donors (Lipinski definition) is 2. The molecule has 0 aliphatic carbocycles. The van der Waals surface area contributed by atoms with Crippen molar-refractivity contribution in [2.24, 2.45) is 0 Å². The van der Waals surface area contributed by atoms with Crippen molar-refractivity contribution in [3.8, 4) is 17.2 Å². The second-order valence-corrected chi connectivity index (χ2v) is 7.48. The Morgan fingerprint density at radius 3 is 2.75 bits per heavy atom. The van der Waals surface area contributed by atoms with E-state index in [1.165, 1.54) is 25.4 Å². The van der Waals surface area contributed by atoms with E-state index in [1.807, 2.05) is 13.8 Å². The van der Waals surface area contributed by atoms with Gasteiger partial charge in [-0.1, -0.05) is 13.8 Å². The molecule has 9 heteroatoms. The van der Waals surface area contributed by atoms with E-state index in [4.69, 9.17) is 9.47 Å². The van der Waals surface area contributed by atoms with Gasteiger partial charge in [-0.05, 0) is 30.2 Å². The molecule has 1 amide bonds. The van der Waals surface area contributed by atoms with E-state index in [2.05, 4.69) is 25.5 Å². The van der Waals surface area contributed by atoms with E-state index >= 15 is 0 Å². The largest absolute Gasteiger partial charge is 0.495 e. The summed E-state index contributed by atoms with van der Waals surface area (Å²) in [5.74, 6) is 1.28. The minimum atomic E-state index is -0.384. The van der Waals surface area contributed by atoms with Crippen molar-refractivity contribution in [1.29, 1.82) is 0 Å². The van der Waals surface area contributed by atoms with Gasteiger partial charge in [0.25, 0.3) is 0 Å². The summed E-state index contributed by atoms with van der Waals surface area (Å²) >= 11 is 0. The summed E-state index contributed by atoms with van der Waals surface area (Å²) < 4.78 is 25.0. The van der Waals surface area contributed by atoms with Crippen LogP contribution < -0.4 is 14.8 Å². The van der Waals surface area contributed by atoms with Gasteiger partial charge in [0, 0.05) is 29.4 Å². The summed E-state index contributed by atoms with van der Waals surface area (Å²) in [6, 6.07) is 9.36. The molecule has 0 saturated carbocycles. The number of aromatic amines is 1. The van der Waals surface area contributed by atoms with Gasteiger partial charge in [-0.2, -0.15) is 5.10 Å². The number of anilines is 1. The van der Waals surface area contributed by atoms with Gasteiger partial charge in [0.2, 0.25) is 5.91 Å². The van der Waals surface area contributed by atoms with Gasteiger partial charge in [-0.3, -0.25) is 19.9 Å². The number of fused-ring (bicyclic) bond motifs is 1. The number of amides is 1. The van der Waals surface area contributed by atoms with Crippen molar-refractivity contribution in [1.82, 2.24) is 20.2 Å². The third-order valence-corrected chi connectivity index (χ3v) is 4.83. The first-order valence-electron chi connectivity index (χ1n) is 10.0. The third-order valence-electron chi connectivity index (χ3n) is 4.83. The summed E-state index contributed by atoms with van der Waals surface area (Å²) in [4.78, 5) is 21.0. The Bertz CT molecular complexity index is 1270. The molecule has 2 N–H and O–H groups in total. The number of carbonyl (C=O) groups is 1. The molecular weight excluding hydrogens is 413 g/mol.